The van der Waals surface area contributed by atoms with Crippen LogP contribution in [0.25, 0.3) is 0 Å². The van der Waals surface area contributed by atoms with Crippen LogP contribution < -0.4 is 5.32 Å². The van der Waals surface area contributed by atoms with Gasteiger partial charge in [0, 0.05) is 31.7 Å². The van der Waals surface area contributed by atoms with Crippen LogP contribution in [-0.4, -0.2) is 73.2 Å². The second kappa shape index (κ2) is 7.65. The highest BCUT2D eigenvalue weighted by Crippen LogP contribution is 2.22. The fourth-order valence-electron chi connectivity index (χ4n) is 3.27. The minimum absolute atomic E-state index is 0.0385. The summed E-state index contributed by atoms with van der Waals surface area (Å²) in [6.07, 6.45) is 0.754. The molecule has 0 saturated carbocycles. The minimum atomic E-state index is -3.88. The number of carbonyl (C=O) groups is 3. The standard InChI is InChI=1S/C17H21N3O6S/c21-15-11-20(9-6-18-15)27(25,26)14-3-1-2-13(10-14)16(22)19-7-4-12(5-8-19)17(23)24/h1-3,10,12H,4-9,11H2,(H,18,21)(H,23,24). The SMILES string of the molecule is O=C1CN(S(=O)(=O)c2cccc(C(=O)N3CCC(C(=O)O)CC3)c2)CCN1. The minimum Gasteiger partial charge on any atom is -0.481 e. The first kappa shape index (κ1) is 19.3. The van der Waals surface area contributed by atoms with Gasteiger partial charge in [0.05, 0.1) is 17.4 Å². The molecule has 0 bridgehead atoms. The van der Waals surface area contributed by atoms with Crippen molar-refractivity contribution in [2.75, 3.05) is 32.7 Å². The maximum absolute atomic E-state index is 12.8. The van der Waals surface area contributed by atoms with Gasteiger partial charge < -0.3 is 15.3 Å². The first-order chi connectivity index (χ1) is 12.8. The van der Waals surface area contributed by atoms with E-state index in [1.165, 1.54) is 24.3 Å². The molecule has 0 atom stereocenters. The van der Waals surface area contributed by atoms with Crippen molar-refractivity contribution in [3.05, 3.63) is 29.8 Å². The van der Waals surface area contributed by atoms with E-state index in [0.717, 1.165) is 4.31 Å². The monoisotopic (exact) mass is 395 g/mol. The Balaban J connectivity index is 1.76. The maximum Gasteiger partial charge on any atom is 0.306 e. The largest absolute Gasteiger partial charge is 0.481 e. The number of hydrogen-bond donors (Lipinski definition) is 2. The Morgan fingerprint density at radius 1 is 1.15 bits per heavy atom. The molecule has 3 rings (SSSR count). The number of carbonyl (C=O) groups excluding carboxylic acids is 2. The summed E-state index contributed by atoms with van der Waals surface area (Å²) < 4.78 is 26.6. The summed E-state index contributed by atoms with van der Waals surface area (Å²) in [6.45, 7) is 0.811. The van der Waals surface area contributed by atoms with Gasteiger partial charge in [-0.15, -0.1) is 0 Å². The molecule has 146 valence electrons. The molecule has 1 aromatic carbocycles. The number of piperazine rings is 1. The molecule has 2 N–H and O–H groups in total. The zero-order valence-corrected chi connectivity index (χ0v) is 15.4. The van der Waals surface area contributed by atoms with Gasteiger partial charge in [-0.2, -0.15) is 4.31 Å². The fourth-order valence-corrected chi connectivity index (χ4v) is 4.71. The highest BCUT2D eigenvalue weighted by molar-refractivity contribution is 7.89. The maximum atomic E-state index is 12.8. The molecule has 0 unspecified atom stereocenters. The van der Waals surface area contributed by atoms with Gasteiger partial charge in [0.25, 0.3) is 5.91 Å². The average Bonchev–Trinajstić information content (AvgIpc) is 2.67. The first-order valence-corrected chi connectivity index (χ1v) is 10.1. The number of sulfonamides is 1. The summed E-state index contributed by atoms with van der Waals surface area (Å²) in [5.41, 5.74) is 0.228. The van der Waals surface area contributed by atoms with Crippen molar-refractivity contribution in [2.24, 2.45) is 5.92 Å². The number of hydrogen-bond acceptors (Lipinski definition) is 5. The van der Waals surface area contributed by atoms with Crippen molar-refractivity contribution in [3.8, 4) is 0 Å². The number of nitrogens with one attached hydrogen (secondary N) is 1. The van der Waals surface area contributed by atoms with Gasteiger partial charge >= 0.3 is 5.97 Å². The van der Waals surface area contributed by atoms with E-state index < -0.39 is 21.9 Å². The molecular weight excluding hydrogens is 374 g/mol. The van der Waals surface area contributed by atoms with E-state index in [-0.39, 0.29) is 41.9 Å². The van der Waals surface area contributed by atoms with E-state index in [1.807, 2.05) is 0 Å². The summed E-state index contributed by atoms with van der Waals surface area (Å²) in [5, 5.41) is 11.6. The normalized spacial score (nSPS) is 19.6. The molecule has 27 heavy (non-hydrogen) atoms. The number of carboxylic acids is 1. The molecule has 2 heterocycles. The van der Waals surface area contributed by atoms with Gasteiger partial charge in [-0.1, -0.05) is 6.07 Å². The van der Waals surface area contributed by atoms with Crippen molar-refractivity contribution in [2.45, 2.75) is 17.7 Å². The second-order valence-corrected chi connectivity index (χ2v) is 8.56. The zero-order chi connectivity index (χ0) is 19.6. The summed E-state index contributed by atoms with van der Waals surface area (Å²) in [4.78, 5) is 36.7. The van der Waals surface area contributed by atoms with Gasteiger partial charge in [-0.3, -0.25) is 14.4 Å². The quantitative estimate of drug-likeness (QED) is 0.724. The van der Waals surface area contributed by atoms with E-state index in [1.54, 1.807) is 4.90 Å². The third-order valence-corrected chi connectivity index (χ3v) is 6.69. The summed E-state index contributed by atoms with van der Waals surface area (Å²) in [7, 11) is -3.88. The summed E-state index contributed by atoms with van der Waals surface area (Å²) in [6, 6.07) is 5.74. The van der Waals surface area contributed by atoms with Crippen LogP contribution in [0.15, 0.2) is 29.2 Å². The third-order valence-electron chi connectivity index (χ3n) is 4.85. The van der Waals surface area contributed by atoms with E-state index in [2.05, 4.69) is 5.32 Å². The number of likely N-dealkylation sites (tertiary alicyclic amines) is 1. The number of piperidine rings is 1. The zero-order valence-electron chi connectivity index (χ0n) is 14.6. The lowest BCUT2D eigenvalue weighted by atomic mass is 9.96. The van der Waals surface area contributed by atoms with Crippen molar-refractivity contribution in [1.29, 1.82) is 0 Å². The Morgan fingerprint density at radius 2 is 1.85 bits per heavy atom. The highest BCUT2D eigenvalue weighted by Gasteiger charge is 2.31. The number of aliphatic carboxylic acids is 1. The molecule has 2 fully saturated rings. The topological polar surface area (TPSA) is 124 Å². The Hall–Kier alpha value is -2.46. The van der Waals surface area contributed by atoms with Crippen molar-refractivity contribution >= 4 is 27.8 Å². The first-order valence-electron chi connectivity index (χ1n) is 8.68. The van der Waals surface area contributed by atoms with Gasteiger partial charge in [-0.25, -0.2) is 8.42 Å². The number of amides is 2. The van der Waals surface area contributed by atoms with E-state index in [0.29, 0.717) is 25.9 Å². The lowest BCUT2D eigenvalue weighted by Gasteiger charge is -2.30. The second-order valence-electron chi connectivity index (χ2n) is 6.62. The van der Waals surface area contributed by atoms with E-state index >= 15 is 0 Å². The van der Waals surface area contributed by atoms with Crippen LogP contribution in [0, 0.1) is 5.92 Å². The van der Waals surface area contributed by atoms with Crippen LogP contribution in [0.3, 0.4) is 0 Å². The van der Waals surface area contributed by atoms with Gasteiger partial charge in [0.15, 0.2) is 0 Å². The molecule has 0 spiro atoms. The van der Waals surface area contributed by atoms with Crippen LogP contribution in [0.4, 0.5) is 0 Å². The molecular formula is C17H21N3O6S. The lowest BCUT2D eigenvalue weighted by molar-refractivity contribution is -0.143. The Kier molecular flexibility index (Phi) is 5.47. The molecule has 10 heteroatoms. The molecule has 1 aromatic rings. The van der Waals surface area contributed by atoms with Gasteiger partial charge in [0.1, 0.15) is 0 Å². The van der Waals surface area contributed by atoms with Crippen LogP contribution in [-0.2, 0) is 19.6 Å². The molecule has 0 aliphatic carbocycles. The highest BCUT2D eigenvalue weighted by atomic mass is 32.2. The third kappa shape index (κ3) is 4.11. The molecule has 9 nitrogen and oxygen atoms in total. The van der Waals surface area contributed by atoms with Crippen molar-refractivity contribution < 1.29 is 27.9 Å². The Morgan fingerprint density at radius 3 is 2.48 bits per heavy atom. The fraction of sp³-hybridized carbons (Fsp3) is 0.471. The Bertz CT molecular complexity index is 861. The summed E-state index contributed by atoms with van der Waals surface area (Å²) >= 11 is 0. The molecule has 2 amide bonds. The van der Waals surface area contributed by atoms with Crippen LogP contribution in [0.1, 0.15) is 23.2 Å². The van der Waals surface area contributed by atoms with Crippen LogP contribution >= 0.6 is 0 Å². The smallest absolute Gasteiger partial charge is 0.306 e. The molecule has 2 aliphatic heterocycles. The molecule has 2 saturated heterocycles. The number of benzene rings is 1. The molecule has 0 radical (unpaired) electrons. The lowest BCUT2D eigenvalue weighted by Crippen LogP contribution is -2.49. The van der Waals surface area contributed by atoms with Gasteiger partial charge in [-0.05, 0) is 31.0 Å². The average molecular weight is 395 g/mol. The number of rotatable bonds is 4. The van der Waals surface area contributed by atoms with Crippen molar-refractivity contribution in [3.63, 3.8) is 0 Å². The van der Waals surface area contributed by atoms with Crippen LogP contribution in [0.5, 0.6) is 0 Å². The summed E-state index contributed by atoms with van der Waals surface area (Å²) in [5.74, 6) is -2.00. The number of nitrogens with zero attached hydrogens (tertiary/aromatic N) is 2. The molecule has 2 aliphatic rings. The predicted molar refractivity (Wildman–Crippen MR) is 94.5 cm³/mol. The van der Waals surface area contributed by atoms with Crippen molar-refractivity contribution in [1.82, 2.24) is 14.5 Å². The number of carboxylic acid groups (broad SMARTS) is 1. The van der Waals surface area contributed by atoms with E-state index in [9.17, 15) is 22.8 Å². The predicted octanol–water partition coefficient (Wildman–Crippen LogP) is -0.256. The van der Waals surface area contributed by atoms with Gasteiger partial charge in [0.2, 0.25) is 15.9 Å². The Labute approximate surface area is 157 Å². The van der Waals surface area contributed by atoms with Crippen LogP contribution in [0.2, 0.25) is 0 Å². The van der Waals surface area contributed by atoms with E-state index in [4.69, 9.17) is 5.11 Å². The molecule has 0 aromatic heterocycles.